The SMILES string of the molecule is Cc1c(N[C@@H](c2nnc(-c3ccc(OS(N)(=O)=O)cc3)o2)[C@H](C)O)ccc(C#N)c1Cl. The Bertz CT molecular complexity index is 1240. The minimum Gasteiger partial charge on any atom is -0.418 e. The molecule has 31 heavy (non-hydrogen) atoms. The van der Waals surface area contributed by atoms with Crippen molar-refractivity contribution in [2.24, 2.45) is 5.14 Å². The molecule has 0 amide bonds. The molecule has 10 nitrogen and oxygen atoms in total. The Balaban J connectivity index is 1.85. The van der Waals surface area contributed by atoms with Crippen LogP contribution in [0.4, 0.5) is 5.69 Å². The van der Waals surface area contributed by atoms with Crippen molar-refractivity contribution in [1.29, 1.82) is 5.26 Å². The van der Waals surface area contributed by atoms with Gasteiger partial charge in [0.05, 0.1) is 16.7 Å². The van der Waals surface area contributed by atoms with Gasteiger partial charge in [0.1, 0.15) is 17.9 Å². The van der Waals surface area contributed by atoms with Crippen LogP contribution in [0.25, 0.3) is 11.5 Å². The molecule has 0 unspecified atom stereocenters. The van der Waals surface area contributed by atoms with Crippen LogP contribution in [0.3, 0.4) is 0 Å². The van der Waals surface area contributed by atoms with E-state index in [4.69, 9.17) is 26.4 Å². The summed E-state index contributed by atoms with van der Waals surface area (Å²) in [7, 11) is -4.13. The number of halogens is 1. The maximum atomic E-state index is 11.0. The number of benzene rings is 2. The van der Waals surface area contributed by atoms with Gasteiger partial charge in [0.2, 0.25) is 11.8 Å². The third-order valence-corrected chi connectivity index (χ3v) is 5.23. The van der Waals surface area contributed by atoms with E-state index in [9.17, 15) is 13.5 Å². The fourth-order valence-corrected chi connectivity index (χ4v) is 3.33. The van der Waals surface area contributed by atoms with E-state index >= 15 is 0 Å². The standard InChI is InChI=1S/C19H18ClN5O5S/c1-10-15(8-5-13(9-21)16(10)20)23-17(11(2)26)19-25-24-18(29-19)12-3-6-14(7-4-12)30-31(22,27)28/h3-8,11,17,23,26H,1-2H3,(H2,22,27,28)/t11-,17+/m0/s1. The van der Waals surface area contributed by atoms with Gasteiger partial charge in [-0.15, -0.1) is 10.2 Å². The van der Waals surface area contributed by atoms with Crippen molar-refractivity contribution < 1.29 is 22.1 Å². The lowest BCUT2D eigenvalue weighted by atomic mass is 10.1. The number of nitrogens with zero attached hydrogens (tertiary/aromatic N) is 3. The second kappa shape index (κ2) is 8.91. The van der Waals surface area contributed by atoms with Crippen molar-refractivity contribution in [3.8, 4) is 23.3 Å². The Hall–Kier alpha value is -3.17. The lowest BCUT2D eigenvalue weighted by Crippen LogP contribution is -2.23. The Kier molecular flexibility index (Phi) is 6.47. The molecule has 0 aliphatic rings. The van der Waals surface area contributed by atoms with Crippen LogP contribution in [-0.4, -0.2) is 29.8 Å². The van der Waals surface area contributed by atoms with Gasteiger partial charge in [-0.25, -0.2) is 0 Å². The van der Waals surface area contributed by atoms with Gasteiger partial charge in [-0.2, -0.15) is 18.8 Å². The molecule has 0 radical (unpaired) electrons. The quantitative estimate of drug-likeness (QED) is 0.477. The largest absolute Gasteiger partial charge is 0.418 e. The van der Waals surface area contributed by atoms with Crippen molar-refractivity contribution in [3.05, 3.63) is 58.4 Å². The number of hydrogen-bond acceptors (Lipinski definition) is 9. The van der Waals surface area contributed by atoms with Crippen molar-refractivity contribution in [2.45, 2.75) is 26.0 Å². The molecule has 0 saturated carbocycles. The number of nitriles is 1. The molecule has 4 N–H and O–H groups in total. The number of nitrogens with one attached hydrogen (secondary N) is 1. The molecule has 0 aliphatic heterocycles. The van der Waals surface area contributed by atoms with E-state index in [-0.39, 0.29) is 17.5 Å². The number of aliphatic hydroxyl groups is 1. The van der Waals surface area contributed by atoms with Gasteiger partial charge < -0.3 is 19.0 Å². The summed E-state index contributed by atoms with van der Waals surface area (Å²) in [5.41, 5.74) is 2.08. The van der Waals surface area contributed by atoms with Gasteiger partial charge >= 0.3 is 10.3 Å². The number of aromatic nitrogens is 2. The minimum absolute atomic E-state index is 0.0303. The topological polar surface area (TPSA) is 164 Å². The van der Waals surface area contributed by atoms with Crippen molar-refractivity contribution >= 4 is 27.6 Å². The highest BCUT2D eigenvalue weighted by Gasteiger charge is 2.25. The van der Waals surface area contributed by atoms with Gasteiger partial charge in [0.25, 0.3) is 0 Å². The summed E-state index contributed by atoms with van der Waals surface area (Å²) in [4.78, 5) is 0. The second-order valence-electron chi connectivity index (χ2n) is 6.62. The first kappa shape index (κ1) is 22.5. The average Bonchev–Trinajstić information content (AvgIpc) is 3.18. The molecule has 3 rings (SSSR count). The molecule has 1 heterocycles. The molecule has 0 fully saturated rings. The highest BCUT2D eigenvalue weighted by atomic mass is 35.5. The maximum Gasteiger partial charge on any atom is 0.380 e. The predicted octanol–water partition coefficient (Wildman–Crippen LogP) is 2.69. The van der Waals surface area contributed by atoms with Crippen molar-refractivity contribution in [3.63, 3.8) is 0 Å². The van der Waals surface area contributed by atoms with Crippen LogP contribution in [0.5, 0.6) is 5.75 Å². The van der Waals surface area contributed by atoms with Gasteiger partial charge in [0.15, 0.2) is 0 Å². The van der Waals surface area contributed by atoms with Crippen LogP contribution in [0.1, 0.15) is 30.0 Å². The molecule has 12 heteroatoms. The molecule has 0 aliphatic carbocycles. The maximum absolute atomic E-state index is 11.0. The predicted molar refractivity (Wildman–Crippen MR) is 112 cm³/mol. The smallest absolute Gasteiger partial charge is 0.380 e. The van der Waals surface area contributed by atoms with Crippen LogP contribution in [0, 0.1) is 18.3 Å². The molecule has 0 spiro atoms. The van der Waals surface area contributed by atoms with Crippen molar-refractivity contribution in [2.75, 3.05) is 5.32 Å². The molecule has 0 saturated heterocycles. The van der Waals surface area contributed by atoms with Crippen molar-refractivity contribution in [1.82, 2.24) is 10.2 Å². The van der Waals surface area contributed by atoms with Crippen LogP contribution in [0.15, 0.2) is 40.8 Å². The zero-order chi connectivity index (χ0) is 22.8. The highest BCUT2D eigenvalue weighted by Crippen LogP contribution is 2.31. The first-order valence-corrected chi connectivity index (χ1v) is 10.7. The first-order valence-electron chi connectivity index (χ1n) is 8.89. The summed E-state index contributed by atoms with van der Waals surface area (Å²) in [5.74, 6) is 0.302. The van der Waals surface area contributed by atoms with E-state index in [1.54, 1.807) is 26.0 Å². The fourth-order valence-electron chi connectivity index (χ4n) is 2.75. The molecule has 2 aromatic carbocycles. The number of aliphatic hydroxyl groups excluding tert-OH is 1. The Labute approximate surface area is 183 Å². The Morgan fingerprint density at radius 3 is 2.52 bits per heavy atom. The van der Waals surface area contributed by atoms with E-state index in [1.165, 1.54) is 24.3 Å². The van der Waals surface area contributed by atoms with E-state index in [0.717, 1.165) is 0 Å². The minimum atomic E-state index is -4.13. The van der Waals surface area contributed by atoms with E-state index < -0.39 is 22.4 Å². The van der Waals surface area contributed by atoms with Gasteiger partial charge in [-0.3, -0.25) is 0 Å². The first-order chi connectivity index (χ1) is 14.6. The number of rotatable bonds is 7. The second-order valence-corrected chi connectivity index (χ2v) is 8.15. The van der Waals surface area contributed by atoms with Crippen LogP contribution in [-0.2, 0) is 10.3 Å². The summed E-state index contributed by atoms with van der Waals surface area (Å²) in [5, 5.41) is 35.6. The summed E-state index contributed by atoms with van der Waals surface area (Å²) in [6.45, 7) is 3.30. The molecule has 1 aromatic heterocycles. The summed E-state index contributed by atoms with van der Waals surface area (Å²) in [6, 6.07) is 10.3. The Morgan fingerprint density at radius 2 is 1.94 bits per heavy atom. The van der Waals surface area contributed by atoms with Crippen LogP contribution >= 0.6 is 11.6 Å². The summed E-state index contributed by atoms with van der Waals surface area (Å²) >= 11 is 6.21. The third-order valence-electron chi connectivity index (χ3n) is 4.32. The van der Waals surface area contributed by atoms with E-state index in [1.807, 2.05) is 6.07 Å². The zero-order valence-electron chi connectivity index (χ0n) is 16.4. The average molecular weight is 464 g/mol. The molecule has 2 atom stereocenters. The normalized spacial score (nSPS) is 13.3. The third kappa shape index (κ3) is 5.31. The number of hydrogen-bond donors (Lipinski definition) is 3. The van der Waals surface area contributed by atoms with Crippen LogP contribution in [0.2, 0.25) is 5.02 Å². The van der Waals surface area contributed by atoms with Gasteiger partial charge in [-0.05, 0) is 55.8 Å². The fraction of sp³-hybridized carbons (Fsp3) is 0.211. The lowest BCUT2D eigenvalue weighted by Gasteiger charge is -2.21. The molecule has 0 bridgehead atoms. The summed E-state index contributed by atoms with van der Waals surface area (Å²) < 4.78 is 32.3. The highest BCUT2D eigenvalue weighted by molar-refractivity contribution is 7.84. The van der Waals surface area contributed by atoms with Crippen LogP contribution < -0.4 is 14.6 Å². The van der Waals surface area contributed by atoms with Gasteiger partial charge in [-0.1, -0.05) is 11.6 Å². The number of nitrogens with two attached hydrogens (primary N) is 1. The number of anilines is 1. The molecular weight excluding hydrogens is 446 g/mol. The summed E-state index contributed by atoms with van der Waals surface area (Å²) in [6.07, 6.45) is -0.910. The molecular formula is C19H18ClN5O5S. The monoisotopic (exact) mass is 463 g/mol. The van der Waals surface area contributed by atoms with E-state index in [0.29, 0.717) is 27.4 Å². The molecule has 162 valence electrons. The molecule has 3 aromatic rings. The van der Waals surface area contributed by atoms with E-state index in [2.05, 4.69) is 19.7 Å². The zero-order valence-corrected chi connectivity index (χ0v) is 18.0. The lowest BCUT2D eigenvalue weighted by molar-refractivity contribution is 0.159. The van der Waals surface area contributed by atoms with Gasteiger partial charge in [0, 0.05) is 11.3 Å². The Morgan fingerprint density at radius 1 is 1.26 bits per heavy atom.